The van der Waals surface area contributed by atoms with E-state index in [0.717, 1.165) is 12.3 Å². The molecule has 114 valence electrons. The number of nitrogens with two attached hydrogens (primary N) is 1. The molecule has 1 heterocycles. The first kappa shape index (κ1) is 15.9. The Morgan fingerprint density at radius 1 is 1.30 bits per heavy atom. The topological polar surface area (TPSA) is 41.6 Å². The molecule has 0 radical (unpaired) electrons. The second-order valence-corrected chi connectivity index (χ2v) is 7.46. The first-order valence-electron chi connectivity index (χ1n) is 8.47. The van der Waals surface area contributed by atoms with E-state index < -0.39 is 0 Å². The molecule has 0 spiro atoms. The van der Waals surface area contributed by atoms with Crippen molar-refractivity contribution in [2.75, 3.05) is 7.05 Å². The van der Waals surface area contributed by atoms with Gasteiger partial charge in [-0.05, 0) is 50.9 Å². The summed E-state index contributed by atoms with van der Waals surface area (Å²) in [4.78, 5) is 7.17. The molecule has 3 nitrogen and oxygen atoms in total. The van der Waals surface area contributed by atoms with Crippen molar-refractivity contribution in [3.63, 3.8) is 0 Å². The molecule has 20 heavy (non-hydrogen) atoms. The summed E-state index contributed by atoms with van der Waals surface area (Å²) in [5, 5.41) is 0. The smallest absolute Gasteiger partial charge is 0.127 e. The van der Waals surface area contributed by atoms with Gasteiger partial charge in [-0.2, -0.15) is 0 Å². The highest BCUT2D eigenvalue weighted by molar-refractivity contribution is 6.15. The predicted octanol–water partition coefficient (Wildman–Crippen LogP) is 2.15. The van der Waals surface area contributed by atoms with Gasteiger partial charge in [0, 0.05) is 25.6 Å². The maximum atomic E-state index is 6.56. The van der Waals surface area contributed by atoms with E-state index in [1.165, 1.54) is 50.8 Å². The van der Waals surface area contributed by atoms with Crippen LogP contribution in [0.3, 0.4) is 0 Å². The van der Waals surface area contributed by atoms with E-state index in [9.17, 15) is 0 Å². The van der Waals surface area contributed by atoms with E-state index in [1.54, 1.807) is 0 Å². The largest absolute Gasteiger partial charge is 0.355 e. The van der Waals surface area contributed by atoms with Gasteiger partial charge in [-0.1, -0.05) is 19.3 Å². The Morgan fingerprint density at radius 2 is 2.05 bits per heavy atom. The summed E-state index contributed by atoms with van der Waals surface area (Å²) in [6, 6.07) is 1.20. The minimum absolute atomic E-state index is 0.0246. The molecule has 1 saturated heterocycles. The first-order valence-corrected chi connectivity index (χ1v) is 8.47. The van der Waals surface area contributed by atoms with Crippen molar-refractivity contribution >= 4 is 13.7 Å². The van der Waals surface area contributed by atoms with Crippen LogP contribution in [-0.4, -0.2) is 43.2 Å². The molecule has 2 aliphatic rings. The lowest BCUT2D eigenvalue weighted by Gasteiger charge is -2.47. The van der Waals surface area contributed by atoms with Crippen LogP contribution in [0.4, 0.5) is 0 Å². The zero-order chi connectivity index (χ0) is 14.8. The van der Waals surface area contributed by atoms with Crippen LogP contribution in [0.5, 0.6) is 0 Å². The van der Waals surface area contributed by atoms with E-state index in [0.29, 0.717) is 12.1 Å². The number of hydrogen-bond donors (Lipinski definition) is 1. The van der Waals surface area contributed by atoms with Gasteiger partial charge in [0.25, 0.3) is 0 Å². The van der Waals surface area contributed by atoms with Gasteiger partial charge >= 0.3 is 0 Å². The molecule has 1 aliphatic carbocycles. The molecule has 3 unspecified atom stereocenters. The van der Waals surface area contributed by atoms with Crippen molar-refractivity contribution in [1.82, 2.24) is 4.90 Å². The molecule has 1 saturated carbocycles. The molecular weight excluding hydrogens is 245 g/mol. The number of piperidine rings is 1. The molecule has 0 bridgehead atoms. The zero-order valence-corrected chi connectivity index (χ0v) is 13.9. The van der Waals surface area contributed by atoms with E-state index in [1.807, 2.05) is 7.05 Å². The summed E-state index contributed by atoms with van der Waals surface area (Å²) in [5.74, 6) is 2.07. The lowest BCUT2D eigenvalue weighted by molar-refractivity contribution is 0.133. The van der Waals surface area contributed by atoms with E-state index in [2.05, 4.69) is 31.6 Å². The SMILES string of the molecule is BC1(N)CCCCCC2C(CC/C(=N/C)N2C(C)C)C1. The Bertz CT molecular complexity index is 352. The summed E-state index contributed by atoms with van der Waals surface area (Å²) >= 11 is 0. The van der Waals surface area contributed by atoms with Gasteiger partial charge in [-0.15, -0.1) is 0 Å². The maximum absolute atomic E-state index is 6.56. The summed E-state index contributed by atoms with van der Waals surface area (Å²) in [6.45, 7) is 4.61. The Labute approximate surface area is 125 Å². The van der Waals surface area contributed by atoms with Gasteiger partial charge in [0.05, 0.1) is 5.84 Å². The van der Waals surface area contributed by atoms with Crippen molar-refractivity contribution in [3.05, 3.63) is 0 Å². The molecular formula is C16H32BN3. The van der Waals surface area contributed by atoms with E-state index in [-0.39, 0.29) is 5.44 Å². The normalized spacial score (nSPS) is 38.2. The van der Waals surface area contributed by atoms with Crippen molar-refractivity contribution in [2.45, 2.75) is 82.7 Å². The minimum atomic E-state index is 0.0246. The molecule has 4 heteroatoms. The Morgan fingerprint density at radius 3 is 2.70 bits per heavy atom. The van der Waals surface area contributed by atoms with Crippen LogP contribution in [0.2, 0.25) is 0 Å². The van der Waals surface area contributed by atoms with Crippen LogP contribution < -0.4 is 5.73 Å². The van der Waals surface area contributed by atoms with Crippen LogP contribution in [0.25, 0.3) is 0 Å². The van der Waals surface area contributed by atoms with Gasteiger partial charge < -0.3 is 10.6 Å². The molecule has 0 aromatic heterocycles. The van der Waals surface area contributed by atoms with Gasteiger partial charge in [0.1, 0.15) is 7.85 Å². The molecule has 2 rings (SSSR count). The third-order valence-corrected chi connectivity index (χ3v) is 5.23. The zero-order valence-electron chi connectivity index (χ0n) is 13.9. The molecule has 0 aromatic rings. The summed E-state index contributed by atoms with van der Waals surface area (Å²) in [5.41, 5.74) is 6.59. The minimum Gasteiger partial charge on any atom is -0.355 e. The predicted molar refractivity (Wildman–Crippen MR) is 90.0 cm³/mol. The van der Waals surface area contributed by atoms with Crippen molar-refractivity contribution in [3.8, 4) is 0 Å². The summed E-state index contributed by atoms with van der Waals surface area (Å²) in [6.07, 6.45) is 10.1. The van der Waals surface area contributed by atoms with Gasteiger partial charge in [0.15, 0.2) is 0 Å². The number of fused-ring (bicyclic) bond motifs is 1. The molecule has 2 fully saturated rings. The number of amidine groups is 1. The van der Waals surface area contributed by atoms with E-state index in [4.69, 9.17) is 5.73 Å². The second kappa shape index (κ2) is 6.51. The van der Waals surface area contributed by atoms with Crippen molar-refractivity contribution in [1.29, 1.82) is 0 Å². The van der Waals surface area contributed by atoms with E-state index >= 15 is 0 Å². The summed E-state index contributed by atoms with van der Waals surface area (Å²) in [7, 11) is 4.21. The molecule has 2 N–H and O–H groups in total. The Balaban J connectivity index is 2.24. The third-order valence-electron chi connectivity index (χ3n) is 5.23. The average molecular weight is 277 g/mol. The monoisotopic (exact) mass is 277 g/mol. The molecule has 0 amide bonds. The molecule has 1 aliphatic heterocycles. The van der Waals surface area contributed by atoms with Crippen LogP contribution >= 0.6 is 0 Å². The standard InChI is InChI=1S/C16H32BN3/c1-12(2)20-14-7-5-4-6-10-16(17,18)11-13(14)8-9-15(20)19-3/h12-14H,4-11,17-18H2,1-3H3/b19-15-. The number of aliphatic imine (C=N–C) groups is 1. The fourth-order valence-electron chi connectivity index (χ4n) is 4.34. The van der Waals surface area contributed by atoms with Crippen molar-refractivity contribution in [2.24, 2.45) is 16.6 Å². The lowest BCUT2D eigenvalue weighted by atomic mass is 9.67. The van der Waals surface area contributed by atoms with Crippen LogP contribution in [-0.2, 0) is 0 Å². The number of nitrogens with zero attached hydrogens (tertiary/aromatic N) is 2. The quantitative estimate of drug-likeness (QED) is 0.746. The highest BCUT2D eigenvalue weighted by Gasteiger charge is 2.38. The molecule has 0 aromatic carbocycles. The highest BCUT2D eigenvalue weighted by atomic mass is 15.2. The number of rotatable bonds is 1. The maximum Gasteiger partial charge on any atom is 0.127 e. The van der Waals surface area contributed by atoms with Gasteiger partial charge in [-0.25, -0.2) is 0 Å². The third kappa shape index (κ3) is 3.57. The highest BCUT2D eigenvalue weighted by Crippen LogP contribution is 2.36. The number of hydrogen-bond acceptors (Lipinski definition) is 2. The number of likely N-dealkylation sites (tertiary alicyclic amines) is 1. The van der Waals surface area contributed by atoms with Crippen LogP contribution in [0.15, 0.2) is 4.99 Å². The van der Waals surface area contributed by atoms with Crippen molar-refractivity contribution < 1.29 is 0 Å². The molecule has 3 atom stereocenters. The first-order chi connectivity index (χ1) is 9.44. The van der Waals surface area contributed by atoms with Gasteiger partial charge in [0.2, 0.25) is 0 Å². The average Bonchev–Trinajstić information content (AvgIpc) is 2.44. The summed E-state index contributed by atoms with van der Waals surface area (Å²) < 4.78 is 0. The fourth-order valence-corrected chi connectivity index (χ4v) is 4.34. The fraction of sp³-hybridized carbons (Fsp3) is 0.938. The van der Waals surface area contributed by atoms with Gasteiger partial charge in [-0.3, -0.25) is 4.99 Å². The second-order valence-electron chi connectivity index (χ2n) is 7.46. The Hall–Kier alpha value is -0.505. The Kier molecular flexibility index (Phi) is 5.17. The lowest BCUT2D eigenvalue weighted by Crippen LogP contribution is -2.54. The van der Waals surface area contributed by atoms with Crippen LogP contribution in [0.1, 0.15) is 65.2 Å². The van der Waals surface area contributed by atoms with Crippen LogP contribution in [0, 0.1) is 5.92 Å².